The average Bonchev–Trinajstić information content (AvgIpc) is 3.25. The lowest BCUT2D eigenvalue weighted by atomic mass is 9.99. The van der Waals surface area contributed by atoms with Gasteiger partial charge in [0.2, 0.25) is 27.2 Å². The molecule has 1 N–H and O–H groups in total. The number of hydrogen-bond acceptors (Lipinski definition) is 10. The highest BCUT2D eigenvalue weighted by Crippen LogP contribution is 2.43. The normalized spacial score (nSPS) is 12.1. The molecule has 0 atom stereocenters. The Balaban J connectivity index is 1.29. The average molecular weight is 959 g/mol. The van der Waals surface area contributed by atoms with Crippen molar-refractivity contribution in [1.82, 2.24) is 0 Å². The van der Waals surface area contributed by atoms with Gasteiger partial charge in [-0.1, -0.05) is 12.1 Å². The monoisotopic (exact) mass is 958 g/mol. The first-order valence-corrected chi connectivity index (χ1v) is 22.4. The van der Waals surface area contributed by atoms with Crippen LogP contribution in [0.2, 0.25) is 0 Å². The van der Waals surface area contributed by atoms with Gasteiger partial charge in [0, 0.05) is 11.1 Å². The van der Waals surface area contributed by atoms with Crippen LogP contribution in [-0.4, -0.2) is 44.0 Å². The molecule has 0 heterocycles. The van der Waals surface area contributed by atoms with Crippen LogP contribution in [0.15, 0.2) is 87.5 Å². The molecule has 0 saturated heterocycles. The Morgan fingerprint density at radius 1 is 0.516 bits per heavy atom. The summed E-state index contributed by atoms with van der Waals surface area (Å²) in [4.78, 5) is -1.63. The number of halogens is 8. The topological polar surface area (TPSA) is 160 Å². The van der Waals surface area contributed by atoms with Crippen molar-refractivity contribution >= 4 is 30.1 Å². The SMILES string of the molecule is COc1ccc(S(=O)(=O)c2ccc(Oc3ccc(-c4ccc(Oc5c(F)c(F)c(-c6c(F)c(F)c(C)c(F)c6F)c(F)c5F)c(C)c4)cc3C)c(CS(=O)(=O)O)c2)cc1S(=O)(=O)OC. The van der Waals surface area contributed by atoms with E-state index >= 15 is 17.6 Å². The molecule has 0 fully saturated rings. The summed E-state index contributed by atoms with van der Waals surface area (Å²) in [6.45, 7) is 3.60. The van der Waals surface area contributed by atoms with E-state index in [1.54, 1.807) is 13.0 Å². The lowest BCUT2D eigenvalue weighted by Crippen LogP contribution is -2.09. The molecule has 338 valence electrons. The molecular formula is C42H30F8O11S3. The quantitative estimate of drug-likeness (QED) is 0.0508. The highest BCUT2D eigenvalue weighted by Gasteiger charge is 2.35. The summed E-state index contributed by atoms with van der Waals surface area (Å²) in [7, 11) is -11.8. The van der Waals surface area contributed by atoms with Gasteiger partial charge in [0.05, 0.1) is 35.1 Å². The minimum absolute atomic E-state index is 0.117. The molecule has 22 heteroatoms. The third-order valence-corrected chi connectivity index (χ3v) is 13.4. The molecule has 0 saturated carbocycles. The standard InChI is InChI=1S/C42H30F8O11S3/c1-19-14-22(23-7-11-28(20(2)15-23)61-42-40(49)38(47)33(39(48)41(42)50)32-36(45)34(43)21(3)35(44)37(32)46)6-10-27(19)60-29-12-8-25(16-24(29)18-62(51,52)53)63(54,55)26-9-13-30(58-4)31(17-26)64(56,57)59-5/h6-17H,18H2,1-5H3,(H,51,52,53). The van der Waals surface area contributed by atoms with Gasteiger partial charge in [-0.05, 0) is 104 Å². The molecule has 6 aromatic carbocycles. The Morgan fingerprint density at radius 2 is 0.953 bits per heavy atom. The van der Waals surface area contributed by atoms with Crippen molar-refractivity contribution in [3.8, 4) is 51.0 Å². The van der Waals surface area contributed by atoms with Crippen LogP contribution >= 0.6 is 0 Å². The van der Waals surface area contributed by atoms with Gasteiger partial charge in [0.15, 0.2) is 34.9 Å². The van der Waals surface area contributed by atoms with Gasteiger partial charge in [0.1, 0.15) is 33.6 Å². The summed E-state index contributed by atoms with van der Waals surface area (Å²) in [6, 6.07) is 14.5. The highest BCUT2D eigenvalue weighted by molar-refractivity contribution is 7.91. The van der Waals surface area contributed by atoms with Gasteiger partial charge in [-0.2, -0.15) is 25.6 Å². The van der Waals surface area contributed by atoms with Crippen LogP contribution in [0.4, 0.5) is 35.1 Å². The molecule has 0 aliphatic heterocycles. The van der Waals surface area contributed by atoms with E-state index in [-0.39, 0.29) is 34.1 Å². The molecule has 0 radical (unpaired) electrons. The molecule has 6 rings (SSSR count). The van der Waals surface area contributed by atoms with Crippen molar-refractivity contribution in [3.05, 3.63) is 142 Å². The van der Waals surface area contributed by atoms with Crippen LogP contribution in [0.25, 0.3) is 22.3 Å². The maximum absolute atomic E-state index is 15.2. The molecule has 6 aromatic rings. The predicted octanol–water partition coefficient (Wildman–Crippen LogP) is 10.2. The first-order valence-electron chi connectivity index (χ1n) is 17.9. The van der Waals surface area contributed by atoms with E-state index in [9.17, 15) is 47.4 Å². The summed E-state index contributed by atoms with van der Waals surface area (Å²) in [5, 5.41) is 0. The van der Waals surface area contributed by atoms with E-state index in [1.807, 2.05) is 0 Å². The lowest BCUT2D eigenvalue weighted by Gasteiger charge is -2.17. The maximum Gasteiger partial charge on any atom is 0.300 e. The molecule has 64 heavy (non-hydrogen) atoms. The van der Waals surface area contributed by atoms with Crippen molar-refractivity contribution in [2.24, 2.45) is 0 Å². The third kappa shape index (κ3) is 8.87. The number of sulfone groups is 1. The predicted molar refractivity (Wildman–Crippen MR) is 212 cm³/mol. The number of hydrogen-bond donors (Lipinski definition) is 1. The van der Waals surface area contributed by atoms with Crippen molar-refractivity contribution in [2.45, 2.75) is 41.2 Å². The highest BCUT2D eigenvalue weighted by atomic mass is 32.2. The third-order valence-electron chi connectivity index (χ3n) is 9.69. The minimum atomic E-state index is -4.80. The number of ether oxygens (including phenoxy) is 3. The second kappa shape index (κ2) is 17.5. The van der Waals surface area contributed by atoms with Gasteiger partial charge < -0.3 is 14.2 Å². The number of aryl methyl sites for hydroxylation is 2. The van der Waals surface area contributed by atoms with Crippen LogP contribution in [0.5, 0.6) is 28.7 Å². The summed E-state index contributed by atoms with van der Waals surface area (Å²) >= 11 is 0. The van der Waals surface area contributed by atoms with E-state index in [1.165, 1.54) is 31.2 Å². The summed E-state index contributed by atoms with van der Waals surface area (Å²) < 4.78 is 225. The van der Waals surface area contributed by atoms with Crippen LogP contribution in [0.1, 0.15) is 22.3 Å². The van der Waals surface area contributed by atoms with Crippen LogP contribution in [0, 0.1) is 67.3 Å². The van der Waals surface area contributed by atoms with E-state index < -0.39 is 119 Å². The van der Waals surface area contributed by atoms with Crippen molar-refractivity contribution in [1.29, 1.82) is 0 Å². The molecule has 11 nitrogen and oxygen atoms in total. The van der Waals surface area contributed by atoms with Gasteiger partial charge in [-0.15, -0.1) is 0 Å². The lowest BCUT2D eigenvalue weighted by molar-refractivity contribution is 0.365. The van der Waals surface area contributed by atoms with Crippen molar-refractivity contribution in [3.63, 3.8) is 0 Å². The first-order chi connectivity index (χ1) is 29.8. The van der Waals surface area contributed by atoms with Gasteiger partial charge in [0.25, 0.3) is 20.2 Å². The minimum Gasteiger partial charge on any atom is -0.495 e. The zero-order valence-corrected chi connectivity index (χ0v) is 35.9. The van der Waals surface area contributed by atoms with E-state index in [2.05, 4.69) is 4.18 Å². The fourth-order valence-corrected chi connectivity index (χ4v) is 9.25. The second-order valence-electron chi connectivity index (χ2n) is 13.8. The molecular weight excluding hydrogens is 929 g/mol. The summed E-state index contributed by atoms with van der Waals surface area (Å²) in [6.07, 6.45) is 0. The molecule has 0 aliphatic carbocycles. The van der Waals surface area contributed by atoms with Crippen LogP contribution in [-0.2, 0) is 40.0 Å². The molecule has 0 aliphatic rings. The zero-order valence-electron chi connectivity index (χ0n) is 33.4. The fourth-order valence-electron chi connectivity index (χ4n) is 6.37. The molecule has 0 amide bonds. The molecule has 0 aromatic heterocycles. The van der Waals surface area contributed by atoms with Crippen LogP contribution < -0.4 is 14.2 Å². The molecule has 0 unspecified atom stereocenters. The Kier molecular flexibility index (Phi) is 13.0. The number of rotatable bonds is 13. The van der Waals surface area contributed by atoms with Gasteiger partial charge >= 0.3 is 0 Å². The smallest absolute Gasteiger partial charge is 0.300 e. The van der Waals surface area contributed by atoms with E-state index in [0.29, 0.717) is 23.6 Å². The summed E-state index contributed by atoms with van der Waals surface area (Å²) in [5.74, 6) is -21.5. The summed E-state index contributed by atoms with van der Waals surface area (Å²) in [5.41, 5.74) is -4.09. The largest absolute Gasteiger partial charge is 0.495 e. The van der Waals surface area contributed by atoms with Gasteiger partial charge in [-0.3, -0.25) is 8.74 Å². The van der Waals surface area contributed by atoms with E-state index in [4.69, 9.17) is 14.2 Å². The Morgan fingerprint density at radius 3 is 1.41 bits per heavy atom. The Hall–Kier alpha value is -6.07. The molecule has 0 spiro atoms. The first kappa shape index (κ1) is 47.4. The van der Waals surface area contributed by atoms with Crippen molar-refractivity contribution < 1.29 is 83.3 Å². The van der Waals surface area contributed by atoms with Crippen molar-refractivity contribution in [2.75, 3.05) is 14.2 Å². The zero-order chi connectivity index (χ0) is 47.4. The Bertz CT molecular complexity index is 3200. The van der Waals surface area contributed by atoms with Gasteiger partial charge in [-0.25, -0.2) is 34.8 Å². The second-order valence-corrected chi connectivity index (χ2v) is 18.9. The number of benzene rings is 6. The molecule has 0 bridgehead atoms. The Labute approximate surface area is 360 Å². The van der Waals surface area contributed by atoms with E-state index in [0.717, 1.165) is 56.7 Å². The maximum atomic E-state index is 15.2. The van der Waals surface area contributed by atoms with Crippen LogP contribution in [0.3, 0.4) is 0 Å². The number of methoxy groups -OCH3 is 1. The fraction of sp³-hybridized carbons (Fsp3) is 0.143.